The van der Waals surface area contributed by atoms with Crippen molar-refractivity contribution in [3.63, 3.8) is 0 Å². The number of nitrogens with zero attached hydrogens (tertiary/aromatic N) is 1. The van der Waals surface area contributed by atoms with Crippen molar-refractivity contribution in [1.29, 1.82) is 5.26 Å². The fourth-order valence-electron chi connectivity index (χ4n) is 1.42. The lowest BCUT2D eigenvalue weighted by Crippen LogP contribution is -2.08. The van der Waals surface area contributed by atoms with Gasteiger partial charge in [-0.25, -0.2) is 4.79 Å². The summed E-state index contributed by atoms with van der Waals surface area (Å²) in [7, 11) is 3.82. The number of nitriles is 1. The maximum Gasteiger partial charge on any atom is 0.341 e. The van der Waals surface area contributed by atoms with Crippen LogP contribution in [0, 0.1) is 11.3 Å². The van der Waals surface area contributed by atoms with Gasteiger partial charge in [-0.05, 0) is 0 Å². The SMILES string of the molecule is COC(=O)c1c(Cl)c(OC)c(Cl)c(OC)c1C#N. The first-order valence-electron chi connectivity index (χ1n) is 4.64. The number of hydrogen-bond acceptors (Lipinski definition) is 5. The average molecular weight is 290 g/mol. The van der Waals surface area contributed by atoms with Crippen molar-refractivity contribution in [2.24, 2.45) is 0 Å². The molecule has 7 heteroatoms. The van der Waals surface area contributed by atoms with Crippen LogP contribution in [0.4, 0.5) is 0 Å². The lowest BCUT2D eigenvalue weighted by atomic mass is 10.1. The number of halogens is 2. The second-order valence-corrected chi connectivity index (χ2v) is 3.80. The molecule has 18 heavy (non-hydrogen) atoms. The molecule has 1 aromatic rings. The van der Waals surface area contributed by atoms with Crippen LogP contribution in [0.1, 0.15) is 15.9 Å². The van der Waals surface area contributed by atoms with E-state index in [4.69, 9.17) is 37.9 Å². The fourth-order valence-corrected chi connectivity index (χ4v) is 2.15. The Kier molecular flexibility index (Phi) is 4.65. The summed E-state index contributed by atoms with van der Waals surface area (Å²) in [4.78, 5) is 11.6. The molecule has 0 spiro atoms. The van der Waals surface area contributed by atoms with Crippen LogP contribution < -0.4 is 9.47 Å². The van der Waals surface area contributed by atoms with Gasteiger partial charge in [0.1, 0.15) is 27.2 Å². The zero-order valence-electron chi connectivity index (χ0n) is 9.84. The largest absolute Gasteiger partial charge is 0.494 e. The van der Waals surface area contributed by atoms with E-state index in [1.54, 1.807) is 0 Å². The standard InChI is InChI=1S/C11H9Cl2NO4/c1-16-9-5(4-14)6(11(15)18-3)7(12)10(17-2)8(9)13/h1-3H3. The van der Waals surface area contributed by atoms with Crippen molar-refractivity contribution < 1.29 is 19.0 Å². The third-order valence-corrected chi connectivity index (χ3v) is 2.91. The molecule has 5 nitrogen and oxygen atoms in total. The number of carbonyl (C=O) groups excluding carboxylic acids is 1. The predicted octanol–water partition coefficient (Wildman–Crippen LogP) is 2.67. The van der Waals surface area contributed by atoms with Gasteiger partial charge in [0.2, 0.25) is 0 Å². The zero-order chi connectivity index (χ0) is 13.9. The van der Waals surface area contributed by atoms with E-state index in [0.717, 1.165) is 0 Å². The van der Waals surface area contributed by atoms with E-state index < -0.39 is 5.97 Å². The number of carbonyl (C=O) groups is 1. The van der Waals surface area contributed by atoms with Crippen LogP contribution in [0.15, 0.2) is 0 Å². The van der Waals surface area contributed by atoms with Gasteiger partial charge in [0, 0.05) is 0 Å². The zero-order valence-corrected chi connectivity index (χ0v) is 11.3. The summed E-state index contributed by atoms with van der Waals surface area (Å²) in [6.07, 6.45) is 0. The Morgan fingerprint density at radius 1 is 1.11 bits per heavy atom. The van der Waals surface area contributed by atoms with Crippen LogP contribution in [0.25, 0.3) is 0 Å². The molecule has 0 fully saturated rings. The van der Waals surface area contributed by atoms with Crippen LogP contribution >= 0.6 is 23.2 Å². The Hall–Kier alpha value is -1.64. The first kappa shape index (κ1) is 14.4. The Morgan fingerprint density at radius 2 is 1.67 bits per heavy atom. The van der Waals surface area contributed by atoms with Gasteiger partial charge in [0.25, 0.3) is 0 Å². The van der Waals surface area contributed by atoms with Crippen LogP contribution in [-0.4, -0.2) is 27.3 Å². The molecule has 0 saturated heterocycles. The lowest BCUT2D eigenvalue weighted by Gasteiger charge is -2.15. The Labute approximate surface area is 114 Å². The van der Waals surface area contributed by atoms with Crippen molar-refractivity contribution in [2.45, 2.75) is 0 Å². The van der Waals surface area contributed by atoms with Gasteiger partial charge in [0.05, 0.1) is 21.3 Å². The summed E-state index contributed by atoms with van der Waals surface area (Å²) in [6, 6.07) is 1.81. The van der Waals surface area contributed by atoms with Gasteiger partial charge in [-0.1, -0.05) is 23.2 Å². The summed E-state index contributed by atoms with van der Waals surface area (Å²) < 4.78 is 14.6. The third kappa shape index (κ3) is 2.17. The molecular weight excluding hydrogens is 281 g/mol. The van der Waals surface area contributed by atoms with E-state index in [1.165, 1.54) is 21.3 Å². The molecule has 0 aliphatic heterocycles. The van der Waals surface area contributed by atoms with E-state index in [0.29, 0.717) is 0 Å². The number of ether oxygens (including phenoxy) is 3. The number of benzene rings is 1. The van der Waals surface area contributed by atoms with Crippen molar-refractivity contribution in [3.05, 3.63) is 21.2 Å². The van der Waals surface area contributed by atoms with Crippen molar-refractivity contribution in [2.75, 3.05) is 21.3 Å². The second kappa shape index (κ2) is 5.80. The summed E-state index contributed by atoms with van der Waals surface area (Å²) in [5.74, 6) is -0.708. The van der Waals surface area contributed by atoms with Crippen LogP contribution in [0.3, 0.4) is 0 Å². The van der Waals surface area contributed by atoms with Gasteiger partial charge in [-0.15, -0.1) is 0 Å². The summed E-state index contributed by atoms with van der Waals surface area (Å²) >= 11 is 12.0. The first-order valence-corrected chi connectivity index (χ1v) is 5.40. The molecule has 0 radical (unpaired) electrons. The Balaban J connectivity index is 3.79. The molecule has 0 bridgehead atoms. The first-order chi connectivity index (χ1) is 8.53. The van der Waals surface area contributed by atoms with E-state index >= 15 is 0 Å². The summed E-state index contributed by atoms with van der Waals surface area (Å²) in [5.41, 5.74) is -0.236. The third-order valence-electron chi connectivity index (χ3n) is 2.20. The molecule has 0 aliphatic carbocycles. The molecule has 0 unspecified atom stereocenters. The van der Waals surface area contributed by atoms with Crippen LogP contribution in [0.5, 0.6) is 11.5 Å². The normalized spacial score (nSPS) is 9.56. The molecule has 0 aromatic heterocycles. The highest BCUT2D eigenvalue weighted by atomic mass is 35.5. The molecule has 96 valence electrons. The van der Waals surface area contributed by atoms with Gasteiger partial charge in [-0.2, -0.15) is 5.26 Å². The smallest absolute Gasteiger partial charge is 0.341 e. The highest BCUT2D eigenvalue weighted by Crippen LogP contribution is 2.45. The maximum atomic E-state index is 11.6. The van der Waals surface area contributed by atoms with Crippen molar-refractivity contribution in [1.82, 2.24) is 0 Å². The molecule has 0 aliphatic rings. The van der Waals surface area contributed by atoms with E-state index in [1.807, 2.05) is 6.07 Å². The minimum absolute atomic E-state index is 0.0146. The molecule has 0 N–H and O–H groups in total. The van der Waals surface area contributed by atoms with Gasteiger partial charge in [0.15, 0.2) is 11.5 Å². The van der Waals surface area contributed by atoms with E-state index in [-0.39, 0.29) is 32.7 Å². The molecule has 0 amide bonds. The highest BCUT2D eigenvalue weighted by molar-refractivity contribution is 6.40. The minimum Gasteiger partial charge on any atom is -0.494 e. The van der Waals surface area contributed by atoms with Gasteiger partial charge >= 0.3 is 5.97 Å². The lowest BCUT2D eigenvalue weighted by molar-refractivity contribution is 0.0599. The van der Waals surface area contributed by atoms with Crippen molar-refractivity contribution in [3.8, 4) is 17.6 Å². The number of esters is 1. The summed E-state index contributed by atoms with van der Waals surface area (Å²) in [5, 5.41) is 9.02. The quantitative estimate of drug-likeness (QED) is 0.800. The fraction of sp³-hybridized carbons (Fsp3) is 0.273. The Morgan fingerprint density at radius 3 is 2.06 bits per heavy atom. The number of methoxy groups -OCH3 is 3. The molecule has 0 heterocycles. The second-order valence-electron chi connectivity index (χ2n) is 3.05. The monoisotopic (exact) mass is 289 g/mol. The average Bonchev–Trinajstić information content (AvgIpc) is 2.37. The van der Waals surface area contributed by atoms with Gasteiger partial charge < -0.3 is 14.2 Å². The molecule has 1 rings (SSSR count). The predicted molar refractivity (Wildman–Crippen MR) is 65.6 cm³/mol. The molecular formula is C11H9Cl2NO4. The highest BCUT2D eigenvalue weighted by Gasteiger charge is 2.28. The molecule has 0 saturated carbocycles. The molecule has 0 atom stereocenters. The Bertz CT molecular complexity index is 537. The number of rotatable bonds is 3. The summed E-state index contributed by atoms with van der Waals surface area (Å²) in [6.45, 7) is 0. The maximum absolute atomic E-state index is 11.6. The van der Waals surface area contributed by atoms with Crippen molar-refractivity contribution >= 4 is 29.2 Å². The topological polar surface area (TPSA) is 68.6 Å². The van der Waals surface area contributed by atoms with Gasteiger partial charge in [-0.3, -0.25) is 0 Å². The van der Waals surface area contributed by atoms with Crippen LogP contribution in [-0.2, 0) is 4.74 Å². The number of hydrogen-bond donors (Lipinski definition) is 0. The molecule has 1 aromatic carbocycles. The van der Waals surface area contributed by atoms with E-state index in [9.17, 15) is 4.79 Å². The minimum atomic E-state index is -0.773. The van der Waals surface area contributed by atoms with E-state index in [2.05, 4.69) is 4.74 Å². The van der Waals surface area contributed by atoms with Crippen LogP contribution in [0.2, 0.25) is 10.0 Å².